The molecule has 0 aromatic rings. The van der Waals surface area contributed by atoms with Gasteiger partial charge in [-0.05, 0) is 13.8 Å². The van der Waals surface area contributed by atoms with Crippen molar-refractivity contribution in [2.45, 2.75) is 13.8 Å². The summed E-state index contributed by atoms with van der Waals surface area (Å²) in [5, 5.41) is 6.41. The van der Waals surface area contributed by atoms with Crippen LogP contribution in [0.25, 0.3) is 0 Å². The van der Waals surface area contributed by atoms with Gasteiger partial charge in [-0.1, -0.05) is 11.6 Å². The van der Waals surface area contributed by atoms with Gasteiger partial charge >= 0.3 is 12.3 Å². The van der Waals surface area contributed by atoms with Crippen molar-refractivity contribution in [1.82, 2.24) is 0 Å². The normalized spacial score (nSPS) is 10.5. The largest absolute Gasteiger partial charge is 0.450 e. The molecule has 0 unspecified atom stereocenters. The first kappa shape index (κ1) is 11.9. The van der Waals surface area contributed by atoms with Crippen molar-refractivity contribution in [3.8, 4) is 0 Å². The summed E-state index contributed by atoms with van der Waals surface area (Å²) in [7, 11) is 0. The molecule has 0 bridgehead atoms. The van der Waals surface area contributed by atoms with Crippen LogP contribution in [0.2, 0.25) is 0 Å². The molecule has 0 rings (SSSR count). The molecule has 1 N–H and O–H groups in total. The summed E-state index contributed by atoms with van der Waals surface area (Å²) < 4.78 is 6.19. The van der Waals surface area contributed by atoms with E-state index >= 15 is 0 Å². The second-order valence-corrected chi connectivity index (χ2v) is 2.47. The molecule has 1 amide bonds. The Balaban J connectivity index is 4.59. The Morgan fingerprint density at radius 1 is 1.69 bits per heavy atom. The van der Waals surface area contributed by atoms with Crippen molar-refractivity contribution >= 4 is 29.8 Å². The molecule has 0 atom stereocenters. The third-order valence-corrected chi connectivity index (χ3v) is 1.52. The molecule has 5 heteroatoms. The van der Waals surface area contributed by atoms with Crippen LogP contribution in [0, 0.1) is 5.41 Å². The lowest BCUT2D eigenvalue weighted by Gasteiger charge is -1.95. The molecule has 0 spiro atoms. The fraction of sp³-hybridized carbons (Fsp3) is 0.500. The second-order valence-electron chi connectivity index (χ2n) is 2.09. The molecular weight excluding hydrogens is 192 g/mol. The number of nitrogens with zero attached hydrogens (tertiary/aromatic N) is 1. The van der Waals surface area contributed by atoms with Gasteiger partial charge in [-0.2, -0.15) is 0 Å². The van der Waals surface area contributed by atoms with Gasteiger partial charge in [0, 0.05) is 5.87 Å². The molecule has 0 saturated heterocycles. The number of nitrogens with one attached hydrogen (secondary N) is 1. The fourth-order valence-corrected chi connectivity index (χ4v) is 0.719. The fourth-order valence-electron chi connectivity index (χ4n) is 0.610. The van der Waals surface area contributed by atoms with Gasteiger partial charge in [0.2, 0.25) is 5.03 Å². The minimum absolute atomic E-state index is 0.252. The van der Waals surface area contributed by atoms with E-state index in [4.69, 9.17) is 21.7 Å². The first-order valence-electron chi connectivity index (χ1n) is 3.88. The van der Waals surface area contributed by atoms with Crippen LogP contribution in [0.3, 0.4) is 0 Å². The molecule has 4 nitrogen and oxygen atoms in total. The van der Waals surface area contributed by atoms with Crippen molar-refractivity contribution in [3.05, 3.63) is 5.03 Å². The van der Waals surface area contributed by atoms with Crippen LogP contribution in [0.1, 0.15) is 13.8 Å². The molecule has 0 heterocycles. The first-order chi connectivity index (χ1) is 6.17. The Morgan fingerprint density at radius 3 is 2.69 bits per heavy atom. The standard InChI is InChI=1S/C8H12ClN2O2/c1-3-11(6-13-4-2)8(12)7(9)5-10/h6,10H,3-4H2,1-2H3/q+1. The lowest BCUT2D eigenvalue weighted by molar-refractivity contribution is -0.444. The molecule has 0 aliphatic heterocycles. The molecule has 0 aromatic heterocycles. The molecule has 0 aliphatic carbocycles. The van der Waals surface area contributed by atoms with E-state index in [1.54, 1.807) is 6.92 Å². The van der Waals surface area contributed by atoms with Gasteiger partial charge < -0.3 is 4.74 Å². The number of hydrogen-bond acceptors (Lipinski definition) is 3. The Hall–Kier alpha value is -1.12. The maximum absolute atomic E-state index is 11.3. The van der Waals surface area contributed by atoms with E-state index in [2.05, 4.69) is 0 Å². The lowest BCUT2D eigenvalue weighted by atomic mass is 10.5. The SMILES string of the molecule is CCOC=[N+](CC)C(=O)C(Cl)=C=N. The van der Waals surface area contributed by atoms with E-state index in [-0.39, 0.29) is 5.03 Å². The number of likely N-dealkylation sites (N-methyl/N-ethyl adjacent to an activating group) is 1. The summed E-state index contributed by atoms with van der Waals surface area (Å²) in [5.74, 6) is 1.34. The predicted molar refractivity (Wildman–Crippen MR) is 50.6 cm³/mol. The highest BCUT2D eigenvalue weighted by atomic mass is 35.5. The average molecular weight is 204 g/mol. The Kier molecular flexibility index (Phi) is 5.85. The predicted octanol–water partition coefficient (Wildman–Crippen LogP) is 0.981. The van der Waals surface area contributed by atoms with Crippen LogP contribution >= 0.6 is 11.6 Å². The van der Waals surface area contributed by atoms with Crippen molar-refractivity contribution in [2.75, 3.05) is 13.2 Å². The monoisotopic (exact) mass is 203 g/mol. The third kappa shape index (κ3) is 3.87. The highest BCUT2D eigenvalue weighted by molar-refractivity contribution is 6.44. The van der Waals surface area contributed by atoms with E-state index in [0.29, 0.717) is 13.2 Å². The van der Waals surface area contributed by atoms with E-state index in [1.807, 2.05) is 12.8 Å². The third-order valence-electron chi connectivity index (χ3n) is 1.27. The number of carbonyl (C=O) groups excluding carboxylic acids is 1. The van der Waals surface area contributed by atoms with Crippen LogP contribution in [-0.2, 0) is 9.53 Å². The Morgan fingerprint density at radius 2 is 2.31 bits per heavy atom. The van der Waals surface area contributed by atoms with Gasteiger partial charge in [-0.15, -0.1) is 4.58 Å². The zero-order chi connectivity index (χ0) is 10.3. The van der Waals surface area contributed by atoms with Gasteiger partial charge in [-0.25, -0.2) is 4.79 Å². The maximum atomic E-state index is 11.3. The van der Waals surface area contributed by atoms with Crippen molar-refractivity contribution < 1.29 is 14.1 Å². The highest BCUT2D eigenvalue weighted by Gasteiger charge is 2.20. The number of hydrogen-bond donors (Lipinski definition) is 1. The summed E-state index contributed by atoms with van der Waals surface area (Å²) in [6.45, 7) is 4.51. The van der Waals surface area contributed by atoms with E-state index in [0.717, 1.165) is 0 Å². The molecule has 0 saturated carbocycles. The number of carbonyl (C=O) groups is 1. The smallest absolute Gasteiger partial charge is 0.442 e. The molecular formula is C8H12ClN2O2+. The van der Waals surface area contributed by atoms with Gasteiger partial charge in [0.25, 0.3) is 0 Å². The number of amides is 1. The highest BCUT2D eigenvalue weighted by Crippen LogP contribution is 1.97. The number of rotatable bonds is 4. The Labute approximate surface area is 82.0 Å². The van der Waals surface area contributed by atoms with Crippen LogP contribution in [0.5, 0.6) is 0 Å². The van der Waals surface area contributed by atoms with E-state index in [9.17, 15) is 4.79 Å². The Bertz CT molecular complexity index is 267. The number of halogens is 1. The van der Waals surface area contributed by atoms with Gasteiger partial charge in [0.1, 0.15) is 0 Å². The quantitative estimate of drug-likeness (QED) is 0.321. The summed E-state index contributed by atoms with van der Waals surface area (Å²) >= 11 is 5.42. The topological polar surface area (TPSA) is 53.2 Å². The van der Waals surface area contributed by atoms with Crippen molar-refractivity contribution in [1.29, 1.82) is 5.41 Å². The number of ether oxygens (including phenoxy) is 1. The zero-order valence-corrected chi connectivity index (χ0v) is 8.39. The molecule has 13 heavy (non-hydrogen) atoms. The van der Waals surface area contributed by atoms with Crippen LogP contribution in [-0.4, -0.2) is 35.9 Å². The minimum atomic E-state index is -0.479. The molecule has 0 fully saturated rings. The minimum Gasteiger partial charge on any atom is -0.450 e. The van der Waals surface area contributed by atoms with E-state index < -0.39 is 5.91 Å². The summed E-state index contributed by atoms with van der Waals surface area (Å²) in [6, 6.07) is 0. The molecule has 0 aromatic carbocycles. The van der Waals surface area contributed by atoms with Crippen LogP contribution in [0.15, 0.2) is 5.03 Å². The van der Waals surface area contributed by atoms with Crippen molar-refractivity contribution in [3.63, 3.8) is 0 Å². The molecule has 72 valence electrons. The average Bonchev–Trinajstić information content (AvgIpc) is 2.17. The second kappa shape index (κ2) is 6.40. The zero-order valence-electron chi connectivity index (χ0n) is 7.63. The summed E-state index contributed by atoms with van der Waals surface area (Å²) in [6.07, 6.45) is 1.29. The van der Waals surface area contributed by atoms with Crippen molar-refractivity contribution in [2.24, 2.45) is 0 Å². The van der Waals surface area contributed by atoms with Gasteiger partial charge in [0.05, 0.1) is 6.61 Å². The van der Waals surface area contributed by atoms with E-state index in [1.165, 1.54) is 11.0 Å². The first-order valence-corrected chi connectivity index (χ1v) is 4.26. The van der Waals surface area contributed by atoms with Gasteiger partial charge in [0.15, 0.2) is 6.54 Å². The summed E-state index contributed by atoms with van der Waals surface area (Å²) in [5.41, 5.74) is 0. The molecule has 0 radical (unpaired) electrons. The summed E-state index contributed by atoms with van der Waals surface area (Å²) in [4.78, 5) is 11.3. The lowest BCUT2D eigenvalue weighted by Crippen LogP contribution is -2.23. The van der Waals surface area contributed by atoms with Crippen LogP contribution < -0.4 is 0 Å². The van der Waals surface area contributed by atoms with Gasteiger partial charge in [-0.3, -0.25) is 5.41 Å². The maximum Gasteiger partial charge on any atom is 0.442 e. The molecule has 0 aliphatic rings. The van der Waals surface area contributed by atoms with Crippen LogP contribution in [0.4, 0.5) is 0 Å².